The largest absolute Gasteiger partial charge is 0.479 e. The average molecular weight is 345 g/mol. The number of unbranched alkanes of at least 4 members (excludes halogenated alkanes) is 15. The molecule has 0 radical (unpaired) electrons. The Morgan fingerprint density at radius 1 is 0.708 bits per heavy atom. The standard InChI is InChI=1S/C20H40O4/c1-2-3-4-5-6-7-8-9-10-11-12-13-14-15-16-17-18-19(24-23)20(21)22/h19,23H,2-18H2,1H3,(H,21,22). The maximum atomic E-state index is 10.6. The van der Waals surface area contributed by atoms with Crippen LogP contribution in [0.5, 0.6) is 0 Å². The highest BCUT2D eigenvalue weighted by Gasteiger charge is 2.16. The quantitative estimate of drug-likeness (QED) is 0.158. The Kier molecular flexibility index (Phi) is 18.2. The number of hydrogen-bond donors (Lipinski definition) is 2. The summed E-state index contributed by atoms with van der Waals surface area (Å²) in [6.07, 6.45) is 20.1. The SMILES string of the molecule is CCCCCCCCCCCCCCCCCCC(OO)C(=O)O. The van der Waals surface area contributed by atoms with Crippen LogP contribution in [0.1, 0.15) is 116 Å². The van der Waals surface area contributed by atoms with E-state index in [0.29, 0.717) is 6.42 Å². The zero-order valence-electron chi connectivity index (χ0n) is 15.8. The summed E-state index contributed by atoms with van der Waals surface area (Å²) in [6.45, 7) is 2.26. The van der Waals surface area contributed by atoms with Gasteiger partial charge in [0.25, 0.3) is 0 Å². The summed E-state index contributed by atoms with van der Waals surface area (Å²) in [6, 6.07) is 0. The van der Waals surface area contributed by atoms with E-state index in [4.69, 9.17) is 10.4 Å². The van der Waals surface area contributed by atoms with Gasteiger partial charge in [0, 0.05) is 0 Å². The van der Waals surface area contributed by atoms with Crippen molar-refractivity contribution >= 4 is 5.97 Å². The Balaban J connectivity index is 3.11. The van der Waals surface area contributed by atoms with E-state index in [-0.39, 0.29) is 0 Å². The molecule has 4 nitrogen and oxygen atoms in total. The van der Waals surface area contributed by atoms with Gasteiger partial charge < -0.3 is 5.11 Å². The van der Waals surface area contributed by atoms with E-state index in [1.165, 1.54) is 83.5 Å². The maximum Gasteiger partial charge on any atom is 0.336 e. The molecule has 24 heavy (non-hydrogen) atoms. The third kappa shape index (κ3) is 16.3. The van der Waals surface area contributed by atoms with Gasteiger partial charge in [0.05, 0.1) is 0 Å². The van der Waals surface area contributed by atoms with Crippen LogP contribution in [0.3, 0.4) is 0 Å². The molecule has 0 aromatic heterocycles. The molecule has 4 heteroatoms. The Morgan fingerprint density at radius 2 is 1.04 bits per heavy atom. The van der Waals surface area contributed by atoms with Crippen molar-refractivity contribution < 1.29 is 20.0 Å². The summed E-state index contributed by atoms with van der Waals surface area (Å²) in [5, 5.41) is 17.2. The third-order valence-corrected chi connectivity index (χ3v) is 4.72. The molecule has 0 saturated carbocycles. The molecule has 0 fully saturated rings. The number of rotatable bonds is 19. The second-order valence-corrected chi connectivity index (χ2v) is 7.02. The first-order valence-electron chi connectivity index (χ1n) is 10.3. The van der Waals surface area contributed by atoms with Gasteiger partial charge in [-0.25, -0.2) is 9.68 Å². The average Bonchev–Trinajstić information content (AvgIpc) is 2.57. The monoisotopic (exact) mass is 344 g/mol. The molecule has 0 saturated heterocycles. The molecule has 0 bridgehead atoms. The van der Waals surface area contributed by atoms with Crippen LogP contribution < -0.4 is 0 Å². The number of carboxylic acids is 1. The summed E-state index contributed by atoms with van der Waals surface area (Å²) in [5.41, 5.74) is 0. The highest BCUT2D eigenvalue weighted by molar-refractivity contribution is 5.72. The Hall–Kier alpha value is -0.610. The van der Waals surface area contributed by atoms with Crippen molar-refractivity contribution in [3.05, 3.63) is 0 Å². The van der Waals surface area contributed by atoms with Crippen molar-refractivity contribution in [1.82, 2.24) is 0 Å². The van der Waals surface area contributed by atoms with Crippen LogP contribution >= 0.6 is 0 Å². The fourth-order valence-corrected chi connectivity index (χ4v) is 3.10. The first-order valence-corrected chi connectivity index (χ1v) is 10.3. The zero-order valence-corrected chi connectivity index (χ0v) is 15.8. The molecule has 0 heterocycles. The van der Waals surface area contributed by atoms with E-state index in [1.54, 1.807) is 0 Å². The molecule has 0 aliphatic heterocycles. The smallest absolute Gasteiger partial charge is 0.336 e. The summed E-state index contributed by atoms with van der Waals surface area (Å²) in [4.78, 5) is 14.6. The molecule has 0 aromatic carbocycles. The lowest BCUT2D eigenvalue weighted by Crippen LogP contribution is -2.22. The van der Waals surface area contributed by atoms with Crippen LogP contribution in [-0.2, 0) is 9.68 Å². The highest BCUT2D eigenvalue weighted by Crippen LogP contribution is 2.14. The Labute approximate surface area is 148 Å². The third-order valence-electron chi connectivity index (χ3n) is 4.72. The first-order chi connectivity index (χ1) is 11.7. The van der Waals surface area contributed by atoms with E-state index in [1.807, 2.05) is 0 Å². The lowest BCUT2D eigenvalue weighted by atomic mass is 10.0. The molecule has 0 spiro atoms. The molecule has 0 aliphatic carbocycles. The second-order valence-electron chi connectivity index (χ2n) is 7.02. The minimum atomic E-state index is -1.08. The molecule has 2 N–H and O–H groups in total. The molecule has 1 atom stereocenters. The first kappa shape index (κ1) is 23.4. The molecular weight excluding hydrogens is 304 g/mol. The van der Waals surface area contributed by atoms with Crippen LogP contribution in [0.15, 0.2) is 0 Å². The normalized spacial score (nSPS) is 12.4. The van der Waals surface area contributed by atoms with Crippen molar-refractivity contribution in [2.45, 2.75) is 122 Å². The summed E-state index contributed by atoms with van der Waals surface area (Å²) < 4.78 is 0. The van der Waals surface area contributed by atoms with Crippen molar-refractivity contribution in [1.29, 1.82) is 0 Å². The van der Waals surface area contributed by atoms with Gasteiger partial charge in [-0.15, -0.1) is 0 Å². The number of aliphatic carboxylic acids is 1. The fourth-order valence-electron chi connectivity index (χ4n) is 3.10. The second kappa shape index (κ2) is 18.7. The van der Waals surface area contributed by atoms with E-state index in [9.17, 15) is 4.79 Å². The summed E-state index contributed by atoms with van der Waals surface area (Å²) >= 11 is 0. The molecule has 0 aromatic rings. The van der Waals surface area contributed by atoms with E-state index >= 15 is 0 Å². The van der Waals surface area contributed by atoms with Gasteiger partial charge >= 0.3 is 5.97 Å². The molecular formula is C20H40O4. The fraction of sp³-hybridized carbons (Fsp3) is 0.950. The van der Waals surface area contributed by atoms with Crippen LogP contribution in [-0.4, -0.2) is 22.4 Å². The summed E-state index contributed by atoms with van der Waals surface area (Å²) in [5.74, 6) is -1.08. The lowest BCUT2D eigenvalue weighted by Gasteiger charge is -2.07. The van der Waals surface area contributed by atoms with Gasteiger partial charge in [-0.05, 0) is 6.42 Å². The van der Waals surface area contributed by atoms with Crippen molar-refractivity contribution in [3.8, 4) is 0 Å². The Bertz CT molecular complexity index is 268. The van der Waals surface area contributed by atoms with E-state index in [0.717, 1.165) is 19.3 Å². The zero-order chi connectivity index (χ0) is 17.9. The molecule has 0 amide bonds. The molecule has 144 valence electrons. The van der Waals surface area contributed by atoms with Crippen LogP contribution in [0.4, 0.5) is 0 Å². The predicted octanol–water partition coefficient (Wildman–Crippen LogP) is 6.58. The van der Waals surface area contributed by atoms with Gasteiger partial charge in [0.2, 0.25) is 0 Å². The minimum Gasteiger partial charge on any atom is -0.479 e. The maximum absolute atomic E-state index is 10.6. The van der Waals surface area contributed by atoms with Gasteiger partial charge in [-0.2, -0.15) is 0 Å². The molecule has 0 aliphatic rings. The van der Waals surface area contributed by atoms with E-state index in [2.05, 4.69) is 11.8 Å². The van der Waals surface area contributed by atoms with Crippen molar-refractivity contribution in [2.75, 3.05) is 0 Å². The van der Waals surface area contributed by atoms with Crippen LogP contribution in [0, 0.1) is 0 Å². The van der Waals surface area contributed by atoms with E-state index < -0.39 is 12.1 Å². The molecule has 1 unspecified atom stereocenters. The Morgan fingerprint density at radius 3 is 1.33 bits per heavy atom. The number of hydrogen-bond acceptors (Lipinski definition) is 3. The van der Waals surface area contributed by atoms with Crippen molar-refractivity contribution in [2.24, 2.45) is 0 Å². The lowest BCUT2D eigenvalue weighted by molar-refractivity contribution is -0.277. The summed E-state index contributed by atoms with van der Waals surface area (Å²) in [7, 11) is 0. The van der Waals surface area contributed by atoms with Gasteiger partial charge in [0.15, 0.2) is 6.10 Å². The minimum absolute atomic E-state index is 0.393. The van der Waals surface area contributed by atoms with Crippen LogP contribution in [0.2, 0.25) is 0 Å². The highest BCUT2D eigenvalue weighted by atomic mass is 17.1. The van der Waals surface area contributed by atoms with Gasteiger partial charge in [-0.3, -0.25) is 5.26 Å². The number of carbonyl (C=O) groups is 1. The molecule has 0 rings (SSSR count). The topological polar surface area (TPSA) is 66.8 Å². The van der Waals surface area contributed by atoms with Gasteiger partial charge in [0.1, 0.15) is 0 Å². The predicted molar refractivity (Wildman–Crippen MR) is 99.3 cm³/mol. The van der Waals surface area contributed by atoms with Gasteiger partial charge in [-0.1, -0.05) is 110 Å². The number of carboxylic acid groups (broad SMARTS) is 1. The van der Waals surface area contributed by atoms with Crippen molar-refractivity contribution in [3.63, 3.8) is 0 Å². The van der Waals surface area contributed by atoms with Crippen LogP contribution in [0.25, 0.3) is 0 Å².